The van der Waals surface area contributed by atoms with E-state index in [0.29, 0.717) is 0 Å². The van der Waals surface area contributed by atoms with Crippen molar-refractivity contribution < 1.29 is 23.3 Å². The van der Waals surface area contributed by atoms with Gasteiger partial charge in [-0.25, -0.2) is 0 Å². The Hall–Kier alpha value is -4.42. The zero-order valence-corrected chi connectivity index (χ0v) is 39.1. The normalized spacial score (nSPS) is 17.5. The maximum atomic E-state index is 6.27. The fourth-order valence-electron chi connectivity index (χ4n) is 7.84. The van der Waals surface area contributed by atoms with Crippen molar-refractivity contribution in [3.05, 3.63) is 149 Å². The molecule has 2 fully saturated rings. The Kier molecular flexibility index (Phi) is 11.8. The second-order valence-electron chi connectivity index (χ2n) is 18.1. The summed E-state index contributed by atoms with van der Waals surface area (Å²) in [6, 6.07) is 51.4. The summed E-state index contributed by atoms with van der Waals surface area (Å²) in [5.74, 6) is 0. The van der Waals surface area contributed by atoms with Crippen molar-refractivity contribution in [1.29, 1.82) is 0 Å². The molecule has 0 spiro atoms. The van der Waals surface area contributed by atoms with Crippen LogP contribution < -0.4 is 5.46 Å². The molecule has 10 rings (SSSR count). The minimum Gasteiger partial charge on any atom is -0.399 e. The van der Waals surface area contributed by atoms with Crippen LogP contribution in [0.1, 0.15) is 69.2 Å². The first-order valence-corrected chi connectivity index (χ1v) is 22.2. The number of aromatic nitrogens is 2. The number of nitrogens with zero attached hydrogens (tertiary/aromatic N) is 2. The highest BCUT2D eigenvalue weighted by Crippen LogP contribution is 2.39. The lowest BCUT2D eigenvalue weighted by atomic mass is 9.78. The van der Waals surface area contributed by atoms with Gasteiger partial charge in [0.25, 0.3) is 0 Å². The molecule has 10 heteroatoms. The highest BCUT2D eigenvalue weighted by Gasteiger charge is 2.53. The van der Waals surface area contributed by atoms with Crippen LogP contribution in [-0.4, -0.2) is 52.1 Å². The summed E-state index contributed by atoms with van der Waals surface area (Å²) in [4.78, 5) is 0. The molecule has 0 radical (unpaired) electrons. The Morgan fingerprint density at radius 2 is 0.852 bits per heavy atom. The molecule has 2 aliphatic rings. The minimum absolute atomic E-state index is 0.120. The summed E-state index contributed by atoms with van der Waals surface area (Å²) in [5.41, 5.74) is 7.06. The lowest BCUT2D eigenvalue weighted by Crippen LogP contribution is -2.41. The van der Waals surface area contributed by atoms with E-state index in [-0.39, 0.29) is 35.6 Å². The Labute approximate surface area is 374 Å². The van der Waals surface area contributed by atoms with Gasteiger partial charge in [0.15, 0.2) is 0 Å². The van der Waals surface area contributed by atoms with Crippen LogP contribution in [0.15, 0.2) is 146 Å². The first kappa shape index (κ1) is 43.2. The molecule has 4 heterocycles. The first-order chi connectivity index (χ1) is 29.0. The Bertz CT molecular complexity index is 2780. The van der Waals surface area contributed by atoms with Gasteiger partial charge in [0.2, 0.25) is 0 Å². The highest BCUT2D eigenvalue weighted by atomic mass is 127. The van der Waals surface area contributed by atoms with Gasteiger partial charge in [0.1, 0.15) is 0 Å². The van der Waals surface area contributed by atoms with E-state index < -0.39 is 7.32 Å². The Balaban J connectivity index is 0.000000136. The molecule has 2 aliphatic heterocycles. The van der Waals surface area contributed by atoms with E-state index in [9.17, 15) is 0 Å². The number of para-hydroxylation sites is 4. The van der Waals surface area contributed by atoms with Gasteiger partial charge in [-0.05, 0) is 158 Å². The van der Waals surface area contributed by atoms with Crippen molar-refractivity contribution >= 4 is 86.1 Å². The number of rotatable bonds is 5. The lowest BCUT2D eigenvalue weighted by Gasteiger charge is -2.32. The number of halogens is 1. The standard InChI is InChI=1S/C24H24BNO2.C18H12IN.C9H19BO3/c1-23(2)24(3,4)28-25(27-23)17-14-15-22-20(16-17)19-12-8-9-13-21(19)26(22)18-10-6-5-7-11-18;19-13-10-11-18-16(12-13)15-8-4-5-9-17(15)20(18)14-6-2-1-3-7-14;1-7(2)11-10-12-8(3,4)9(5,6)13-10/h5-16H,1-4H3;1-12H;7H,1-6H3. The van der Waals surface area contributed by atoms with Crippen LogP contribution in [0.2, 0.25) is 0 Å². The highest BCUT2D eigenvalue weighted by molar-refractivity contribution is 14.1. The molecule has 2 aromatic heterocycles. The van der Waals surface area contributed by atoms with E-state index in [4.69, 9.17) is 23.3 Å². The van der Waals surface area contributed by atoms with Gasteiger partial charge >= 0.3 is 14.4 Å². The second kappa shape index (κ2) is 16.7. The van der Waals surface area contributed by atoms with Crippen LogP contribution in [0.4, 0.5) is 0 Å². The number of hydrogen-bond donors (Lipinski definition) is 0. The number of hydrogen-bond acceptors (Lipinski definition) is 5. The Morgan fingerprint density at radius 3 is 1.33 bits per heavy atom. The lowest BCUT2D eigenvalue weighted by molar-refractivity contribution is 0.00578. The molecule has 0 aliphatic carbocycles. The van der Waals surface area contributed by atoms with Crippen LogP contribution in [0.3, 0.4) is 0 Å². The quantitative estimate of drug-likeness (QED) is 0.127. The summed E-state index contributed by atoms with van der Waals surface area (Å²) in [5, 5.41) is 5.08. The summed E-state index contributed by atoms with van der Waals surface area (Å²) < 4.78 is 35.2. The van der Waals surface area contributed by atoms with Crippen LogP contribution >= 0.6 is 22.6 Å². The maximum Gasteiger partial charge on any atom is 0.640 e. The average Bonchev–Trinajstić information content (AvgIpc) is 3.86. The predicted molar refractivity (Wildman–Crippen MR) is 262 cm³/mol. The number of fused-ring (bicyclic) bond motifs is 6. The molecular formula is C51H55B2IN2O5. The molecule has 0 N–H and O–H groups in total. The molecule has 6 aromatic carbocycles. The molecule has 0 saturated carbocycles. The maximum absolute atomic E-state index is 6.27. The minimum atomic E-state index is -0.523. The van der Waals surface area contributed by atoms with E-state index in [1.165, 1.54) is 52.9 Å². The van der Waals surface area contributed by atoms with Gasteiger partial charge < -0.3 is 32.4 Å². The molecule has 0 atom stereocenters. The van der Waals surface area contributed by atoms with Crippen molar-refractivity contribution in [2.24, 2.45) is 0 Å². The monoisotopic (exact) mass is 924 g/mol. The van der Waals surface area contributed by atoms with E-state index >= 15 is 0 Å². The Morgan fingerprint density at radius 1 is 0.459 bits per heavy atom. The summed E-state index contributed by atoms with van der Waals surface area (Å²) in [7, 11) is -0.877. The van der Waals surface area contributed by atoms with Gasteiger partial charge in [-0.15, -0.1) is 0 Å². The summed E-state index contributed by atoms with van der Waals surface area (Å²) >= 11 is 2.38. The van der Waals surface area contributed by atoms with Crippen LogP contribution in [0.5, 0.6) is 0 Å². The molecule has 7 nitrogen and oxygen atoms in total. The molecule has 61 heavy (non-hydrogen) atoms. The predicted octanol–water partition coefficient (Wildman–Crippen LogP) is 12.5. The third-order valence-electron chi connectivity index (χ3n) is 12.5. The second-order valence-corrected chi connectivity index (χ2v) is 19.4. The van der Waals surface area contributed by atoms with E-state index in [1.807, 2.05) is 47.6 Å². The third-order valence-corrected chi connectivity index (χ3v) is 13.2. The van der Waals surface area contributed by atoms with E-state index in [0.717, 1.165) is 11.2 Å². The molecule has 2 saturated heterocycles. The summed E-state index contributed by atoms with van der Waals surface area (Å²) in [6.07, 6.45) is 0.120. The smallest absolute Gasteiger partial charge is 0.399 e. The zero-order valence-electron chi connectivity index (χ0n) is 36.9. The molecule has 8 aromatic rings. The SMILES string of the molecule is CC(C)OB1OC(C)(C)C(C)(C)O1.CC1(C)OB(c2ccc3c(c2)c2ccccc2n3-c2ccccc2)OC1(C)C.Ic1ccc2c(c1)c1ccccc1n2-c1ccccc1. The molecule has 312 valence electrons. The molecule has 0 unspecified atom stereocenters. The van der Waals surface area contributed by atoms with Gasteiger partial charge in [0.05, 0.1) is 44.5 Å². The van der Waals surface area contributed by atoms with Gasteiger partial charge in [-0.2, -0.15) is 0 Å². The van der Waals surface area contributed by atoms with E-state index in [1.54, 1.807) is 0 Å². The third kappa shape index (κ3) is 8.43. The molecule has 0 bridgehead atoms. The van der Waals surface area contributed by atoms with Gasteiger partial charge in [-0.3, -0.25) is 0 Å². The molecule has 0 amide bonds. The number of benzene rings is 6. The van der Waals surface area contributed by atoms with Crippen molar-refractivity contribution in [2.75, 3.05) is 0 Å². The van der Waals surface area contributed by atoms with E-state index in [2.05, 4.69) is 199 Å². The topological polar surface area (TPSA) is 56.0 Å². The summed E-state index contributed by atoms with van der Waals surface area (Å²) in [6.45, 7) is 20.3. The average molecular weight is 925 g/mol. The van der Waals surface area contributed by atoms with Crippen molar-refractivity contribution in [2.45, 2.75) is 97.7 Å². The molecular weight excluding hydrogens is 869 g/mol. The van der Waals surface area contributed by atoms with Gasteiger partial charge in [-0.1, -0.05) is 84.9 Å². The van der Waals surface area contributed by atoms with Gasteiger partial charge in [0, 0.05) is 42.6 Å². The van der Waals surface area contributed by atoms with Crippen molar-refractivity contribution in [3.63, 3.8) is 0 Å². The van der Waals surface area contributed by atoms with Crippen LogP contribution in [0, 0.1) is 3.57 Å². The first-order valence-electron chi connectivity index (χ1n) is 21.2. The fraction of sp³-hybridized carbons (Fsp3) is 0.294. The largest absolute Gasteiger partial charge is 0.640 e. The van der Waals surface area contributed by atoms with Crippen molar-refractivity contribution in [1.82, 2.24) is 9.13 Å². The zero-order chi connectivity index (χ0) is 43.3. The van der Waals surface area contributed by atoms with Crippen LogP contribution in [0.25, 0.3) is 55.0 Å². The van der Waals surface area contributed by atoms with Crippen LogP contribution in [-0.2, 0) is 23.3 Å². The fourth-order valence-corrected chi connectivity index (χ4v) is 8.33. The van der Waals surface area contributed by atoms with Crippen molar-refractivity contribution in [3.8, 4) is 11.4 Å².